The van der Waals surface area contributed by atoms with Crippen molar-refractivity contribution < 1.29 is 4.79 Å². The Morgan fingerprint density at radius 3 is 2.47 bits per heavy atom. The van der Waals surface area contributed by atoms with E-state index in [1.54, 1.807) is 0 Å². The van der Waals surface area contributed by atoms with Gasteiger partial charge in [-0.2, -0.15) is 0 Å². The van der Waals surface area contributed by atoms with Gasteiger partial charge in [0.15, 0.2) is 0 Å². The van der Waals surface area contributed by atoms with E-state index in [-0.39, 0.29) is 16.9 Å². The van der Waals surface area contributed by atoms with Crippen LogP contribution in [0.1, 0.15) is 71.6 Å². The molecule has 2 rings (SSSR count). The van der Waals surface area contributed by atoms with Crippen LogP contribution in [0.3, 0.4) is 0 Å². The molecule has 0 saturated heterocycles. The first-order chi connectivity index (χ1) is 9.06. The van der Waals surface area contributed by atoms with E-state index in [0.717, 1.165) is 32.1 Å². The number of carbonyl (C=O) groups excluding carboxylic acids is 1. The van der Waals surface area contributed by atoms with E-state index in [0.29, 0.717) is 11.8 Å². The first kappa shape index (κ1) is 15.2. The quantitative estimate of drug-likeness (QED) is 0.768. The fourth-order valence-corrected chi connectivity index (χ4v) is 4.40. The van der Waals surface area contributed by atoms with Gasteiger partial charge >= 0.3 is 0 Å². The average molecular weight is 286 g/mol. The van der Waals surface area contributed by atoms with E-state index in [1.165, 1.54) is 25.7 Å². The van der Waals surface area contributed by atoms with E-state index in [9.17, 15) is 4.79 Å². The zero-order chi connectivity index (χ0) is 13.9. The summed E-state index contributed by atoms with van der Waals surface area (Å²) in [6.07, 6.45) is 10.0. The van der Waals surface area contributed by atoms with Crippen molar-refractivity contribution >= 4 is 17.5 Å². The van der Waals surface area contributed by atoms with E-state index in [2.05, 4.69) is 19.2 Å². The van der Waals surface area contributed by atoms with Crippen molar-refractivity contribution in [2.24, 2.45) is 11.3 Å². The number of carbonyl (C=O) groups is 1. The van der Waals surface area contributed by atoms with Crippen LogP contribution in [0.15, 0.2) is 0 Å². The van der Waals surface area contributed by atoms with Crippen LogP contribution in [0.25, 0.3) is 0 Å². The van der Waals surface area contributed by atoms with Crippen LogP contribution >= 0.6 is 11.6 Å². The molecule has 2 unspecified atom stereocenters. The van der Waals surface area contributed by atoms with Crippen LogP contribution in [0.2, 0.25) is 0 Å². The van der Waals surface area contributed by atoms with E-state index < -0.39 is 0 Å². The summed E-state index contributed by atoms with van der Waals surface area (Å²) in [6, 6.07) is 0. The lowest BCUT2D eigenvalue weighted by atomic mass is 9.75. The van der Waals surface area contributed by atoms with Crippen LogP contribution in [-0.2, 0) is 4.79 Å². The van der Waals surface area contributed by atoms with Crippen molar-refractivity contribution in [3.8, 4) is 0 Å². The second-order valence-corrected chi connectivity index (χ2v) is 7.18. The lowest BCUT2D eigenvalue weighted by Crippen LogP contribution is -2.56. The monoisotopic (exact) mass is 285 g/mol. The molecular formula is C16H28ClNO. The third-order valence-corrected chi connectivity index (χ3v) is 5.96. The van der Waals surface area contributed by atoms with Crippen LogP contribution in [0.4, 0.5) is 0 Å². The lowest BCUT2D eigenvalue weighted by Gasteiger charge is -2.42. The Morgan fingerprint density at radius 2 is 1.95 bits per heavy atom. The number of amides is 1. The second kappa shape index (κ2) is 6.03. The highest BCUT2D eigenvalue weighted by Crippen LogP contribution is 2.42. The summed E-state index contributed by atoms with van der Waals surface area (Å²) in [5.74, 6) is 1.51. The average Bonchev–Trinajstić information content (AvgIpc) is 2.88. The summed E-state index contributed by atoms with van der Waals surface area (Å²) >= 11 is 6.23. The van der Waals surface area contributed by atoms with E-state index in [4.69, 9.17) is 11.6 Å². The highest BCUT2D eigenvalue weighted by molar-refractivity contribution is 6.18. The zero-order valence-corrected chi connectivity index (χ0v) is 13.2. The summed E-state index contributed by atoms with van der Waals surface area (Å²) in [4.78, 5) is 12.8. The van der Waals surface area contributed by atoms with Crippen LogP contribution in [0, 0.1) is 11.3 Å². The fourth-order valence-electron chi connectivity index (χ4n) is 4.09. The van der Waals surface area contributed by atoms with Gasteiger partial charge in [0, 0.05) is 11.3 Å². The predicted molar refractivity (Wildman–Crippen MR) is 80.4 cm³/mol. The third kappa shape index (κ3) is 3.09. The second-order valence-electron chi connectivity index (χ2n) is 6.91. The molecule has 2 aliphatic rings. The molecule has 110 valence electrons. The number of hydrogen-bond acceptors (Lipinski definition) is 1. The van der Waals surface area contributed by atoms with Crippen molar-refractivity contribution in [3.05, 3.63) is 0 Å². The largest absolute Gasteiger partial charge is 0.349 e. The highest BCUT2D eigenvalue weighted by Gasteiger charge is 2.44. The molecule has 0 aromatic carbocycles. The standard InChI is InChI=1S/C16H28ClNO/c1-3-15(8-4-5-9-15)14(19)18-16(12-17)10-6-7-13(2)11-16/h13H,3-12H2,1-2H3,(H,18,19). The maximum Gasteiger partial charge on any atom is 0.226 e. The van der Waals surface area contributed by atoms with Crippen molar-refractivity contribution in [1.29, 1.82) is 0 Å². The Hall–Kier alpha value is -0.240. The molecule has 0 spiro atoms. The van der Waals surface area contributed by atoms with Crippen LogP contribution in [0.5, 0.6) is 0 Å². The molecule has 0 bridgehead atoms. The molecule has 1 N–H and O–H groups in total. The molecule has 2 fully saturated rings. The van der Waals surface area contributed by atoms with Crippen molar-refractivity contribution in [1.82, 2.24) is 5.32 Å². The van der Waals surface area contributed by atoms with E-state index >= 15 is 0 Å². The summed E-state index contributed by atoms with van der Waals surface area (Å²) < 4.78 is 0. The molecule has 0 heterocycles. The molecule has 2 nitrogen and oxygen atoms in total. The van der Waals surface area contributed by atoms with Gasteiger partial charge in [-0.1, -0.05) is 39.5 Å². The van der Waals surface area contributed by atoms with Crippen molar-refractivity contribution in [3.63, 3.8) is 0 Å². The van der Waals surface area contributed by atoms with E-state index in [1.807, 2.05) is 0 Å². The van der Waals surface area contributed by atoms with Crippen LogP contribution in [-0.4, -0.2) is 17.3 Å². The molecule has 0 aromatic heterocycles. The topological polar surface area (TPSA) is 29.1 Å². The van der Waals surface area contributed by atoms with Crippen LogP contribution < -0.4 is 5.32 Å². The Morgan fingerprint density at radius 1 is 1.26 bits per heavy atom. The minimum absolute atomic E-state index is 0.0975. The number of hydrogen-bond donors (Lipinski definition) is 1. The summed E-state index contributed by atoms with van der Waals surface area (Å²) in [6.45, 7) is 4.43. The zero-order valence-electron chi connectivity index (χ0n) is 12.4. The molecule has 3 heteroatoms. The highest BCUT2D eigenvalue weighted by atomic mass is 35.5. The Balaban J connectivity index is 2.07. The van der Waals surface area contributed by atoms with Gasteiger partial charge in [-0.05, 0) is 38.0 Å². The Bertz CT molecular complexity index is 325. The maximum atomic E-state index is 12.8. The molecule has 0 aliphatic heterocycles. The Labute approximate surface area is 122 Å². The lowest BCUT2D eigenvalue weighted by molar-refractivity contribution is -0.133. The first-order valence-corrected chi connectivity index (χ1v) is 8.48. The molecule has 0 radical (unpaired) electrons. The number of alkyl halides is 1. The number of nitrogens with one attached hydrogen (secondary N) is 1. The SMILES string of the molecule is CCC1(C(=O)NC2(CCl)CCCC(C)C2)CCCC1. The van der Waals surface area contributed by atoms with Gasteiger partial charge in [-0.3, -0.25) is 4.79 Å². The Kier molecular flexibility index (Phi) is 4.81. The van der Waals surface area contributed by atoms with Crippen molar-refractivity contribution in [2.45, 2.75) is 77.2 Å². The normalized spacial score (nSPS) is 34.2. The van der Waals surface area contributed by atoms with Crippen molar-refractivity contribution in [2.75, 3.05) is 5.88 Å². The summed E-state index contributed by atoms with van der Waals surface area (Å²) in [7, 11) is 0. The molecule has 0 aromatic rings. The minimum atomic E-state index is -0.138. The maximum absolute atomic E-state index is 12.8. The molecule has 2 aliphatic carbocycles. The van der Waals surface area contributed by atoms with Gasteiger partial charge in [0.1, 0.15) is 0 Å². The van der Waals surface area contributed by atoms with Gasteiger partial charge in [-0.25, -0.2) is 0 Å². The number of halogens is 1. The predicted octanol–water partition coefficient (Wildman–Crippen LogP) is 4.26. The molecule has 2 atom stereocenters. The number of rotatable bonds is 4. The molecule has 2 saturated carbocycles. The molecule has 1 amide bonds. The molecule has 19 heavy (non-hydrogen) atoms. The molecular weight excluding hydrogens is 258 g/mol. The van der Waals surface area contributed by atoms with Gasteiger partial charge in [0.2, 0.25) is 5.91 Å². The van der Waals surface area contributed by atoms with Gasteiger partial charge < -0.3 is 5.32 Å². The van der Waals surface area contributed by atoms with Gasteiger partial charge in [0.25, 0.3) is 0 Å². The third-order valence-electron chi connectivity index (χ3n) is 5.45. The fraction of sp³-hybridized carbons (Fsp3) is 0.938. The van der Waals surface area contributed by atoms with Gasteiger partial charge in [0.05, 0.1) is 5.54 Å². The van der Waals surface area contributed by atoms with Gasteiger partial charge in [-0.15, -0.1) is 11.6 Å². The first-order valence-electron chi connectivity index (χ1n) is 7.94. The smallest absolute Gasteiger partial charge is 0.226 e. The summed E-state index contributed by atoms with van der Waals surface area (Å²) in [5.41, 5.74) is -0.235. The summed E-state index contributed by atoms with van der Waals surface area (Å²) in [5, 5.41) is 3.38. The minimum Gasteiger partial charge on any atom is -0.349 e.